The minimum absolute atomic E-state index is 0.229. The average molecular weight is 314 g/mol. The van der Waals surface area contributed by atoms with Crippen LogP contribution in [0.3, 0.4) is 0 Å². The van der Waals surface area contributed by atoms with E-state index in [-0.39, 0.29) is 5.82 Å². The number of anilines is 1. The fourth-order valence-corrected chi connectivity index (χ4v) is 2.65. The van der Waals surface area contributed by atoms with Gasteiger partial charge in [0.1, 0.15) is 11.6 Å². The topological polar surface area (TPSA) is 50.7 Å². The minimum Gasteiger partial charge on any atom is -0.360 e. The molecule has 4 nitrogen and oxygen atoms in total. The summed E-state index contributed by atoms with van der Waals surface area (Å²) < 4.78 is 17.2. The lowest BCUT2D eigenvalue weighted by molar-refractivity contribution is 0.627. The molecule has 0 aliphatic rings. The molecule has 1 aromatic carbocycles. The van der Waals surface area contributed by atoms with Crippen LogP contribution in [0.4, 0.5) is 9.52 Å². The SMILES string of the molecule is Fc1ccc(Cc2nsc(NCCc3cccnc3)n2)cc1. The Balaban J connectivity index is 1.51. The zero-order valence-corrected chi connectivity index (χ0v) is 12.7. The number of hydrogen-bond acceptors (Lipinski definition) is 5. The van der Waals surface area contributed by atoms with E-state index >= 15 is 0 Å². The zero-order valence-electron chi connectivity index (χ0n) is 11.9. The second kappa shape index (κ2) is 7.09. The second-order valence-corrected chi connectivity index (χ2v) is 5.61. The fraction of sp³-hybridized carbons (Fsp3) is 0.188. The summed E-state index contributed by atoms with van der Waals surface area (Å²) in [6, 6.07) is 10.4. The van der Waals surface area contributed by atoms with Crippen LogP contribution >= 0.6 is 11.5 Å². The van der Waals surface area contributed by atoms with Crippen LogP contribution in [0.2, 0.25) is 0 Å². The molecule has 6 heteroatoms. The summed E-state index contributed by atoms with van der Waals surface area (Å²) in [5, 5.41) is 4.07. The van der Waals surface area contributed by atoms with Crippen molar-refractivity contribution >= 4 is 16.7 Å². The maximum Gasteiger partial charge on any atom is 0.202 e. The van der Waals surface area contributed by atoms with Gasteiger partial charge >= 0.3 is 0 Å². The first-order chi connectivity index (χ1) is 10.8. The third-order valence-electron chi connectivity index (χ3n) is 3.16. The molecule has 0 fully saturated rings. The Morgan fingerprint density at radius 3 is 2.73 bits per heavy atom. The van der Waals surface area contributed by atoms with Crippen molar-refractivity contribution in [1.29, 1.82) is 0 Å². The summed E-state index contributed by atoms with van der Waals surface area (Å²) in [5.41, 5.74) is 2.19. The Bertz CT molecular complexity index is 713. The van der Waals surface area contributed by atoms with Gasteiger partial charge in [-0.1, -0.05) is 18.2 Å². The van der Waals surface area contributed by atoms with Crippen LogP contribution in [0, 0.1) is 5.82 Å². The van der Waals surface area contributed by atoms with Gasteiger partial charge in [0.2, 0.25) is 5.13 Å². The van der Waals surface area contributed by atoms with Gasteiger partial charge in [-0.2, -0.15) is 4.37 Å². The molecule has 0 radical (unpaired) electrons. The number of pyridine rings is 1. The molecule has 0 unspecified atom stereocenters. The minimum atomic E-state index is -0.229. The van der Waals surface area contributed by atoms with Gasteiger partial charge in [-0.25, -0.2) is 9.37 Å². The molecule has 3 aromatic rings. The highest BCUT2D eigenvalue weighted by Crippen LogP contribution is 2.14. The number of benzene rings is 1. The number of nitrogens with zero attached hydrogens (tertiary/aromatic N) is 3. The van der Waals surface area contributed by atoms with Crippen molar-refractivity contribution in [2.24, 2.45) is 0 Å². The monoisotopic (exact) mass is 314 g/mol. The molecule has 0 spiro atoms. The number of rotatable bonds is 6. The first kappa shape index (κ1) is 14.6. The Hall–Kier alpha value is -2.34. The predicted octanol–water partition coefficient (Wildman–Crippen LogP) is 3.32. The number of halogens is 1. The molecule has 0 aliphatic heterocycles. The molecular weight excluding hydrogens is 299 g/mol. The highest BCUT2D eigenvalue weighted by molar-refractivity contribution is 7.09. The third-order valence-corrected chi connectivity index (χ3v) is 3.87. The van der Waals surface area contributed by atoms with E-state index < -0.39 is 0 Å². The van der Waals surface area contributed by atoms with Crippen LogP contribution in [0.1, 0.15) is 17.0 Å². The van der Waals surface area contributed by atoms with E-state index in [1.165, 1.54) is 29.2 Å². The maximum absolute atomic E-state index is 12.9. The highest BCUT2D eigenvalue weighted by atomic mass is 32.1. The van der Waals surface area contributed by atoms with Crippen LogP contribution in [-0.4, -0.2) is 20.9 Å². The van der Waals surface area contributed by atoms with Crippen LogP contribution in [-0.2, 0) is 12.8 Å². The fourth-order valence-electron chi connectivity index (χ4n) is 2.04. The van der Waals surface area contributed by atoms with E-state index in [2.05, 4.69) is 25.7 Å². The quantitative estimate of drug-likeness (QED) is 0.758. The van der Waals surface area contributed by atoms with E-state index in [1.54, 1.807) is 18.3 Å². The summed E-state index contributed by atoms with van der Waals surface area (Å²) in [6.07, 6.45) is 5.13. The maximum atomic E-state index is 12.9. The standard InChI is InChI=1S/C16H15FN4S/c17-14-5-3-12(4-6-14)10-15-20-16(22-21-15)19-9-7-13-2-1-8-18-11-13/h1-6,8,11H,7,9-10H2,(H,19,20,21). The average Bonchev–Trinajstić information content (AvgIpc) is 2.98. The molecule has 0 bridgehead atoms. The summed E-state index contributed by atoms with van der Waals surface area (Å²) in [6.45, 7) is 0.789. The molecule has 0 saturated carbocycles. The molecular formula is C16H15FN4S. The van der Waals surface area contributed by atoms with Gasteiger partial charge in [0, 0.05) is 36.9 Å². The molecule has 3 rings (SSSR count). The summed E-state index contributed by atoms with van der Waals surface area (Å²) in [7, 11) is 0. The van der Waals surface area contributed by atoms with Crippen LogP contribution in [0.25, 0.3) is 0 Å². The normalized spacial score (nSPS) is 10.6. The summed E-state index contributed by atoms with van der Waals surface area (Å²) >= 11 is 1.35. The second-order valence-electron chi connectivity index (χ2n) is 4.86. The summed E-state index contributed by atoms with van der Waals surface area (Å²) in [5.74, 6) is 0.522. The first-order valence-electron chi connectivity index (χ1n) is 6.99. The van der Waals surface area contributed by atoms with Gasteiger partial charge in [0.25, 0.3) is 0 Å². The van der Waals surface area contributed by atoms with Gasteiger partial charge in [0.15, 0.2) is 0 Å². The van der Waals surface area contributed by atoms with E-state index in [0.717, 1.165) is 29.5 Å². The number of hydrogen-bond donors (Lipinski definition) is 1. The van der Waals surface area contributed by atoms with E-state index in [9.17, 15) is 4.39 Å². The van der Waals surface area contributed by atoms with E-state index in [1.807, 2.05) is 12.3 Å². The lowest BCUT2D eigenvalue weighted by atomic mass is 10.1. The molecule has 22 heavy (non-hydrogen) atoms. The van der Waals surface area contributed by atoms with Gasteiger partial charge in [0.05, 0.1) is 0 Å². The number of aromatic nitrogens is 3. The van der Waals surface area contributed by atoms with Crippen molar-refractivity contribution in [3.05, 3.63) is 71.6 Å². The van der Waals surface area contributed by atoms with Crippen molar-refractivity contribution in [2.45, 2.75) is 12.8 Å². The molecule has 0 aliphatic carbocycles. The van der Waals surface area contributed by atoms with Gasteiger partial charge < -0.3 is 5.32 Å². The Labute approximate surface area is 132 Å². The van der Waals surface area contributed by atoms with Crippen molar-refractivity contribution in [1.82, 2.24) is 14.3 Å². The van der Waals surface area contributed by atoms with Gasteiger partial charge in [-0.3, -0.25) is 4.98 Å². The molecule has 2 aromatic heterocycles. The molecule has 2 heterocycles. The largest absolute Gasteiger partial charge is 0.360 e. The molecule has 112 valence electrons. The van der Waals surface area contributed by atoms with Crippen molar-refractivity contribution in [3.8, 4) is 0 Å². The Morgan fingerprint density at radius 1 is 1.09 bits per heavy atom. The lowest BCUT2D eigenvalue weighted by Gasteiger charge is -2.01. The smallest absolute Gasteiger partial charge is 0.202 e. The van der Waals surface area contributed by atoms with Crippen LogP contribution < -0.4 is 5.32 Å². The van der Waals surface area contributed by atoms with Gasteiger partial charge in [-0.05, 0) is 35.7 Å². The van der Waals surface area contributed by atoms with Crippen molar-refractivity contribution < 1.29 is 4.39 Å². The first-order valence-corrected chi connectivity index (χ1v) is 7.77. The molecule has 0 saturated heterocycles. The van der Waals surface area contributed by atoms with Gasteiger partial charge in [-0.15, -0.1) is 0 Å². The summed E-state index contributed by atoms with van der Waals surface area (Å²) in [4.78, 5) is 8.53. The zero-order chi connectivity index (χ0) is 15.2. The molecule has 0 atom stereocenters. The Kier molecular flexibility index (Phi) is 4.70. The van der Waals surface area contributed by atoms with Crippen molar-refractivity contribution in [3.63, 3.8) is 0 Å². The highest BCUT2D eigenvalue weighted by Gasteiger charge is 2.05. The predicted molar refractivity (Wildman–Crippen MR) is 85.5 cm³/mol. The van der Waals surface area contributed by atoms with Crippen LogP contribution in [0.5, 0.6) is 0 Å². The van der Waals surface area contributed by atoms with E-state index in [0.29, 0.717) is 6.42 Å². The molecule has 0 amide bonds. The van der Waals surface area contributed by atoms with Crippen molar-refractivity contribution in [2.75, 3.05) is 11.9 Å². The molecule has 1 N–H and O–H groups in total. The van der Waals surface area contributed by atoms with Crippen LogP contribution in [0.15, 0.2) is 48.8 Å². The number of nitrogens with one attached hydrogen (secondary N) is 1. The third kappa shape index (κ3) is 4.08. The lowest BCUT2D eigenvalue weighted by Crippen LogP contribution is -2.04. The van der Waals surface area contributed by atoms with E-state index in [4.69, 9.17) is 0 Å². The Morgan fingerprint density at radius 2 is 1.95 bits per heavy atom.